The topological polar surface area (TPSA) is 132 Å². The molecule has 160 valence electrons. The Morgan fingerprint density at radius 3 is 2.70 bits per heavy atom. The van der Waals surface area contributed by atoms with Crippen molar-refractivity contribution < 1.29 is 4.39 Å². The number of pyridine rings is 1. The molecule has 0 spiro atoms. The first kappa shape index (κ1) is 20.1. The van der Waals surface area contributed by atoms with Crippen molar-refractivity contribution in [1.29, 1.82) is 5.26 Å². The molecular formula is C23H16FN9. The Bertz CT molecular complexity index is 1540. The molecule has 0 amide bonds. The lowest BCUT2D eigenvalue weighted by Crippen LogP contribution is -2.12. The average molecular weight is 437 g/mol. The summed E-state index contributed by atoms with van der Waals surface area (Å²) in [5, 5.41) is 14.5. The van der Waals surface area contributed by atoms with Crippen molar-refractivity contribution in [1.82, 2.24) is 34.7 Å². The van der Waals surface area contributed by atoms with Crippen LogP contribution in [0.3, 0.4) is 0 Å². The molecule has 4 aromatic heterocycles. The third-order valence-electron chi connectivity index (χ3n) is 5.21. The third-order valence-corrected chi connectivity index (χ3v) is 5.21. The van der Waals surface area contributed by atoms with E-state index in [9.17, 15) is 9.65 Å². The van der Waals surface area contributed by atoms with Crippen LogP contribution >= 0.6 is 0 Å². The molecule has 0 aliphatic carbocycles. The number of nitrogens with zero attached hydrogens (tertiary/aromatic N) is 8. The minimum Gasteiger partial charge on any atom is -0.383 e. The highest BCUT2D eigenvalue weighted by atomic mass is 19.1. The van der Waals surface area contributed by atoms with E-state index in [4.69, 9.17) is 10.8 Å². The molecule has 4 heterocycles. The molecule has 9 nitrogen and oxygen atoms in total. The lowest BCUT2D eigenvalue weighted by atomic mass is 10.1. The van der Waals surface area contributed by atoms with Crippen molar-refractivity contribution in [3.8, 4) is 28.8 Å². The van der Waals surface area contributed by atoms with Crippen LogP contribution in [0.2, 0.25) is 0 Å². The zero-order valence-electron chi connectivity index (χ0n) is 17.4. The van der Waals surface area contributed by atoms with Crippen LogP contribution in [-0.2, 0) is 0 Å². The molecule has 0 aliphatic rings. The van der Waals surface area contributed by atoms with Gasteiger partial charge in [-0.3, -0.25) is 0 Å². The Kier molecular flexibility index (Phi) is 4.91. The predicted molar refractivity (Wildman–Crippen MR) is 119 cm³/mol. The first-order chi connectivity index (χ1) is 16.1. The fourth-order valence-electron chi connectivity index (χ4n) is 3.58. The maximum absolute atomic E-state index is 14.3. The number of benzene rings is 1. The summed E-state index contributed by atoms with van der Waals surface area (Å²) in [4.78, 5) is 21.6. The Labute approximate surface area is 187 Å². The summed E-state index contributed by atoms with van der Waals surface area (Å²) in [6.45, 7) is 1.89. The van der Waals surface area contributed by atoms with Gasteiger partial charge in [0.15, 0.2) is 11.5 Å². The number of aromatic nitrogens is 7. The Morgan fingerprint density at radius 1 is 1.03 bits per heavy atom. The molecule has 0 radical (unpaired) electrons. The minimum atomic E-state index is -0.405. The van der Waals surface area contributed by atoms with Crippen molar-refractivity contribution in [2.45, 2.75) is 13.0 Å². The van der Waals surface area contributed by atoms with Gasteiger partial charge in [-0.1, -0.05) is 18.2 Å². The minimum absolute atomic E-state index is 0.243. The smallest absolute Gasteiger partial charge is 0.164 e. The van der Waals surface area contributed by atoms with E-state index in [1.54, 1.807) is 53.3 Å². The molecule has 0 saturated carbocycles. The number of nitrogen functional groups attached to an aromatic ring is 1. The summed E-state index contributed by atoms with van der Waals surface area (Å²) in [5.41, 5.74) is 8.75. The van der Waals surface area contributed by atoms with E-state index in [-0.39, 0.29) is 17.3 Å². The standard InChI is InChI=1S/C23H16FN9/c1-13(17-9-10-27-22(31-17)15-6-2-3-7-16(15)24)33-23-19(21(26)28-12-29-23)20(32-33)18-8-4-5-14(11-25)30-18/h2-10,12-13H,1H3,(H2,26,28,29). The van der Waals surface area contributed by atoms with E-state index in [1.165, 1.54) is 12.4 Å². The second-order valence-corrected chi connectivity index (χ2v) is 7.23. The van der Waals surface area contributed by atoms with Gasteiger partial charge in [-0.15, -0.1) is 0 Å². The highest BCUT2D eigenvalue weighted by Gasteiger charge is 2.23. The average Bonchev–Trinajstić information content (AvgIpc) is 3.25. The number of hydrogen-bond donors (Lipinski definition) is 1. The summed E-state index contributed by atoms with van der Waals surface area (Å²) < 4.78 is 15.9. The van der Waals surface area contributed by atoms with E-state index in [0.29, 0.717) is 33.7 Å². The molecule has 0 aliphatic heterocycles. The van der Waals surface area contributed by atoms with Crippen LogP contribution in [0.15, 0.2) is 61.1 Å². The maximum Gasteiger partial charge on any atom is 0.164 e. The van der Waals surface area contributed by atoms with Crippen LogP contribution in [-0.4, -0.2) is 34.7 Å². The van der Waals surface area contributed by atoms with Gasteiger partial charge in [-0.25, -0.2) is 34.0 Å². The summed E-state index contributed by atoms with van der Waals surface area (Å²) in [5.74, 6) is 0.108. The van der Waals surface area contributed by atoms with Crippen LogP contribution in [0.25, 0.3) is 33.8 Å². The van der Waals surface area contributed by atoms with Crippen molar-refractivity contribution >= 4 is 16.9 Å². The molecule has 1 unspecified atom stereocenters. The van der Waals surface area contributed by atoms with Crippen LogP contribution in [0.1, 0.15) is 24.4 Å². The van der Waals surface area contributed by atoms with E-state index >= 15 is 0 Å². The van der Waals surface area contributed by atoms with Gasteiger partial charge in [0, 0.05) is 6.20 Å². The molecule has 0 saturated heterocycles. The largest absolute Gasteiger partial charge is 0.383 e. The Balaban J connectivity index is 1.66. The first-order valence-corrected chi connectivity index (χ1v) is 10.0. The molecule has 0 fully saturated rings. The molecule has 33 heavy (non-hydrogen) atoms. The van der Waals surface area contributed by atoms with Crippen molar-refractivity contribution in [2.24, 2.45) is 0 Å². The predicted octanol–water partition coefficient (Wildman–Crippen LogP) is 3.55. The molecule has 1 aromatic carbocycles. The summed E-state index contributed by atoms with van der Waals surface area (Å²) in [6, 6.07) is 14.8. The van der Waals surface area contributed by atoms with Crippen LogP contribution in [0.4, 0.5) is 10.2 Å². The van der Waals surface area contributed by atoms with Gasteiger partial charge >= 0.3 is 0 Å². The zero-order chi connectivity index (χ0) is 22.9. The fourth-order valence-corrected chi connectivity index (χ4v) is 3.58. The number of anilines is 1. The second-order valence-electron chi connectivity index (χ2n) is 7.23. The molecule has 10 heteroatoms. The molecular weight excluding hydrogens is 421 g/mol. The number of rotatable bonds is 4. The van der Waals surface area contributed by atoms with Crippen LogP contribution < -0.4 is 5.73 Å². The number of halogens is 1. The molecule has 5 aromatic rings. The molecule has 0 bridgehead atoms. The Hall–Kier alpha value is -4.78. The molecule has 1 atom stereocenters. The first-order valence-electron chi connectivity index (χ1n) is 10.0. The van der Waals surface area contributed by atoms with Gasteiger partial charge < -0.3 is 5.73 Å². The van der Waals surface area contributed by atoms with Crippen LogP contribution in [0, 0.1) is 17.1 Å². The van der Waals surface area contributed by atoms with E-state index in [1.807, 2.05) is 13.0 Å². The van der Waals surface area contributed by atoms with Gasteiger partial charge in [-0.05, 0) is 37.3 Å². The third kappa shape index (κ3) is 3.51. The van der Waals surface area contributed by atoms with Gasteiger partial charge in [0.2, 0.25) is 0 Å². The summed E-state index contributed by atoms with van der Waals surface area (Å²) in [6.07, 6.45) is 2.94. The van der Waals surface area contributed by atoms with Crippen LogP contribution in [0.5, 0.6) is 0 Å². The van der Waals surface area contributed by atoms with Gasteiger partial charge in [0.25, 0.3) is 0 Å². The van der Waals surface area contributed by atoms with E-state index in [0.717, 1.165) is 0 Å². The normalized spacial score (nSPS) is 11.9. The van der Waals surface area contributed by atoms with Gasteiger partial charge in [0.1, 0.15) is 35.4 Å². The highest BCUT2D eigenvalue weighted by molar-refractivity contribution is 5.97. The lowest BCUT2D eigenvalue weighted by molar-refractivity contribution is 0.565. The lowest BCUT2D eigenvalue weighted by Gasteiger charge is -2.13. The highest BCUT2D eigenvalue weighted by Crippen LogP contribution is 2.32. The Morgan fingerprint density at radius 2 is 1.88 bits per heavy atom. The van der Waals surface area contributed by atoms with Gasteiger partial charge in [-0.2, -0.15) is 10.4 Å². The monoisotopic (exact) mass is 437 g/mol. The molecule has 2 N–H and O–H groups in total. The summed E-state index contributed by atoms with van der Waals surface area (Å²) >= 11 is 0. The van der Waals surface area contributed by atoms with E-state index < -0.39 is 11.9 Å². The van der Waals surface area contributed by atoms with E-state index in [2.05, 4.69) is 24.9 Å². The van der Waals surface area contributed by atoms with Crippen molar-refractivity contribution in [3.63, 3.8) is 0 Å². The van der Waals surface area contributed by atoms with Crippen molar-refractivity contribution in [3.05, 3.63) is 78.3 Å². The van der Waals surface area contributed by atoms with Gasteiger partial charge in [0.05, 0.1) is 28.4 Å². The number of nitrogens with two attached hydrogens (primary N) is 1. The fraction of sp³-hybridized carbons (Fsp3) is 0.0870. The number of nitriles is 1. The van der Waals surface area contributed by atoms with Crippen molar-refractivity contribution in [2.75, 3.05) is 5.73 Å². The SMILES string of the molecule is CC(c1ccnc(-c2ccccc2F)n1)n1nc(-c2cccc(C#N)n2)c2c(N)ncnc21. The molecule has 5 rings (SSSR count). The number of hydrogen-bond acceptors (Lipinski definition) is 8. The zero-order valence-corrected chi connectivity index (χ0v) is 17.4. The summed E-state index contributed by atoms with van der Waals surface area (Å²) in [7, 11) is 0. The second kappa shape index (κ2) is 8.05. The quantitative estimate of drug-likeness (QED) is 0.451. The maximum atomic E-state index is 14.3. The number of fused-ring (bicyclic) bond motifs is 1.